The van der Waals surface area contributed by atoms with Crippen LogP contribution in [-0.2, 0) is 18.2 Å². The molecule has 1 aliphatic heterocycles. The van der Waals surface area contributed by atoms with E-state index in [9.17, 15) is 10.1 Å². The predicted octanol–water partition coefficient (Wildman–Crippen LogP) is 2.26. The highest BCUT2D eigenvalue weighted by molar-refractivity contribution is 5.61. The molecule has 7 heteroatoms. The van der Waals surface area contributed by atoms with Crippen molar-refractivity contribution in [2.45, 2.75) is 51.7 Å². The second-order valence-electron chi connectivity index (χ2n) is 5.58. The van der Waals surface area contributed by atoms with Gasteiger partial charge in [0.25, 0.3) is 0 Å². The van der Waals surface area contributed by atoms with Gasteiger partial charge in [-0.1, -0.05) is 13.3 Å². The van der Waals surface area contributed by atoms with E-state index in [0.29, 0.717) is 24.5 Å². The molecule has 1 saturated heterocycles. The van der Waals surface area contributed by atoms with Gasteiger partial charge in [-0.25, -0.2) is 4.68 Å². The Kier molecular flexibility index (Phi) is 3.99. The topological polar surface area (TPSA) is 82.2 Å². The first-order chi connectivity index (χ1) is 9.39. The minimum atomic E-state index is -0.343. The zero-order valence-corrected chi connectivity index (χ0v) is 12.5. The molecule has 0 aromatic carbocycles. The fourth-order valence-electron chi connectivity index (χ4n) is 2.58. The SMILES string of the molecule is CCCc1nn(C)c(NC2(C)CCOC2C)c1[N+](=O)[O-]. The third-order valence-corrected chi connectivity index (χ3v) is 4.05. The van der Waals surface area contributed by atoms with Crippen LogP contribution >= 0.6 is 0 Å². The highest BCUT2D eigenvalue weighted by Crippen LogP contribution is 2.35. The molecule has 1 fully saturated rings. The number of nitro groups is 1. The molecule has 112 valence electrons. The lowest BCUT2D eigenvalue weighted by Gasteiger charge is -2.29. The molecular weight excluding hydrogens is 260 g/mol. The van der Waals surface area contributed by atoms with Gasteiger partial charge in [-0.3, -0.25) is 10.1 Å². The van der Waals surface area contributed by atoms with Crippen molar-refractivity contribution in [2.75, 3.05) is 11.9 Å². The molecule has 2 unspecified atom stereocenters. The molecule has 2 rings (SSSR count). The van der Waals surface area contributed by atoms with Gasteiger partial charge in [-0.15, -0.1) is 0 Å². The monoisotopic (exact) mass is 282 g/mol. The fourth-order valence-corrected chi connectivity index (χ4v) is 2.58. The number of anilines is 1. The molecule has 0 radical (unpaired) electrons. The summed E-state index contributed by atoms with van der Waals surface area (Å²) in [6.45, 7) is 6.66. The molecule has 1 aromatic rings. The number of rotatable bonds is 5. The Bertz CT molecular complexity index is 514. The quantitative estimate of drug-likeness (QED) is 0.661. The van der Waals surface area contributed by atoms with Crippen LogP contribution in [0.1, 0.15) is 39.3 Å². The van der Waals surface area contributed by atoms with Gasteiger partial charge < -0.3 is 10.1 Å². The summed E-state index contributed by atoms with van der Waals surface area (Å²) in [4.78, 5) is 11.0. The van der Waals surface area contributed by atoms with E-state index in [1.54, 1.807) is 11.7 Å². The first-order valence-corrected chi connectivity index (χ1v) is 6.99. The van der Waals surface area contributed by atoms with Crippen LogP contribution in [0, 0.1) is 10.1 Å². The molecule has 7 nitrogen and oxygen atoms in total. The lowest BCUT2D eigenvalue weighted by molar-refractivity contribution is -0.384. The summed E-state index contributed by atoms with van der Waals surface area (Å²) in [6, 6.07) is 0. The lowest BCUT2D eigenvalue weighted by atomic mass is 9.94. The minimum absolute atomic E-state index is 0.00614. The number of aryl methyl sites for hydroxylation is 2. The molecule has 1 aliphatic rings. The van der Waals surface area contributed by atoms with Crippen molar-refractivity contribution in [3.8, 4) is 0 Å². The average molecular weight is 282 g/mol. The van der Waals surface area contributed by atoms with Gasteiger partial charge in [0, 0.05) is 13.7 Å². The second-order valence-corrected chi connectivity index (χ2v) is 5.58. The van der Waals surface area contributed by atoms with Crippen LogP contribution in [0.25, 0.3) is 0 Å². The molecule has 2 atom stereocenters. The molecule has 0 saturated carbocycles. The van der Waals surface area contributed by atoms with E-state index < -0.39 is 0 Å². The first-order valence-electron chi connectivity index (χ1n) is 6.99. The van der Waals surface area contributed by atoms with Crippen molar-refractivity contribution < 1.29 is 9.66 Å². The third kappa shape index (κ3) is 2.49. The summed E-state index contributed by atoms with van der Waals surface area (Å²) in [6.07, 6.45) is 2.26. The molecule has 0 aliphatic carbocycles. The van der Waals surface area contributed by atoms with E-state index >= 15 is 0 Å². The van der Waals surface area contributed by atoms with Crippen LogP contribution in [0.5, 0.6) is 0 Å². The van der Waals surface area contributed by atoms with Crippen molar-refractivity contribution in [3.05, 3.63) is 15.8 Å². The number of hydrogen-bond donors (Lipinski definition) is 1. The maximum Gasteiger partial charge on any atom is 0.334 e. The Balaban J connectivity index is 2.38. The third-order valence-electron chi connectivity index (χ3n) is 4.05. The van der Waals surface area contributed by atoms with Crippen LogP contribution in [0.3, 0.4) is 0 Å². The Morgan fingerprint density at radius 3 is 2.85 bits per heavy atom. The molecule has 0 bridgehead atoms. The Hall–Kier alpha value is -1.63. The zero-order chi connectivity index (χ0) is 14.9. The van der Waals surface area contributed by atoms with E-state index in [-0.39, 0.29) is 22.3 Å². The van der Waals surface area contributed by atoms with Crippen molar-refractivity contribution in [2.24, 2.45) is 7.05 Å². The summed E-state index contributed by atoms with van der Waals surface area (Å²) in [7, 11) is 1.73. The van der Waals surface area contributed by atoms with Crippen LogP contribution in [0.2, 0.25) is 0 Å². The van der Waals surface area contributed by atoms with Crippen LogP contribution in [-0.4, -0.2) is 33.0 Å². The Morgan fingerprint density at radius 1 is 1.65 bits per heavy atom. The van der Waals surface area contributed by atoms with E-state index in [2.05, 4.69) is 10.4 Å². The van der Waals surface area contributed by atoms with Crippen LogP contribution in [0.4, 0.5) is 11.5 Å². The largest absolute Gasteiger partial charge is 0.376 e. The second kappa shape index (κ2) is 5.40. The summed E-state index contributed by atoms with van der Waals surface area (Å²) >= 11 is 0. The van der Waals surface area contributed by atoms with Gasteiger partial charge in [0.15, 0.2) is 0 Å². The van der Waals surface area contributed by atoms with E-state index in [1.165, 1.54) is 0 Å². The van der Waals surface area contributed by atoms with Gasteiger partial charge >= 0.3 is 5.69 Å². The van der Waals surface area contributed by atoms with Crippen LogP contribution < -0.4 is 5.32 Å². The fraction of sp³-hybridized carbons (Fsp3) is 0.769. The summed E-state index contributed by atoms with van der Waals surface area (Å²) in [5.74, 6) is 0.471. The minimum Gasteiger partial charge on any atom is -0.376 e. The van der Waals surface area contributed by atoms with Crippen molar-refractivity contribution in [1.82, 2.24) is 9.78 Å². The number of nitrogens with zero attached hydrogens (tertiary/aromatic N) is 3. The van der Waals surface area contributed by atoms with Crippen molar-refractivity contribution >= 4 is 11.5 Å². The van der Waals surface area contributed by atoms with Gasteiger partial charge in [0.2, 0.25) is 5.82 Å². The van der Waals surface area contributed by atoms with E-state index in [1.807, 2.05) is 20.8 Å². The first kappa shape index (κ1) is 14.8. The van der Waals surface area contributed by atoms with E-state index in [0.717, 1.165) is 12.8 Å². The zero-order valence-electron chi connectivity index (χ0n) is 12.5. The number of aromatic nitrogens is 2. The average Bonchev–Trinajstić information content (AvgIpc) is 2.83. The highest BCUT2D eigenvalue weighted by Gasteiger charge is 2.40. The smallest absolute Gasteiger partial charge is 0.334 e. The predicted molar refractivity (Wildman–Crippen MR) is 75.9 cm³/mol. The van der Waals surface area contributed by atoms with E-state index in [4.69, 9.17) is 4.74 Å². The molecule has 2 heterocycles. The molecule has 0 spiro atoms. The van der Waals surface area contributed by atoms with Crippen molar-refractivity contribution in [1.29, 1.82) is 0 Å². The standard InChI is InChI=1S/C13H22N4O3/c1-5-6-10-11(17(18)19)12(16(4)15-10)14-13(3)7-8-20-9(13)2/h9,14H,5-8H2,1-4H3. The number of ether oxygens (including phenoxy) is 1. The number of nitrogens with one attached hydrogen (secondary N) is 1. The van der Waals surface area contributed by atoms with Gasteiger partial charge in [-0.2, -0.15) is 5.10 Å². The van der Waals surface area contributed by atoms with Gasteiger partial charge in [0.05, 0.1) is 16.6 Å². The Labute approximate surface area is 118 Å². The Morgan fingerprint density at radius 2 is 2.35 bits per heavy atom. The lowest BCUT2D eigenvalue weighted by Crippen LogP contribution is -2.42. The molecular formula is C13H22N4O3. The van der Waals surface area contributed by atoms with Gasteiger partial charge in [0.1, 0.15) is 5.69 Å². The molecule has 0 amide bonds. The van der Waals surface area contributed by atoms with Crippen LogP contribution in [0.15, 0.2) is 0 Å². The van der Waals surface area contributed by atoms with Gasteiger partial charge in [-0.05, 0) is 26.7 Å². The maximum absolute atomic E-state index is 11.4. The summed E-state index contributed by atoms with van der Waals surface area (Å²) < 4.78 is 7.14. The summed E-state index contributed by atoms with van der Waals surface area (Å²) in [5, 5.41) is 19.0. The highest BCUT2D eigenvalue weighted by atomic mass is 16.6. The molecule has 1 aromatic heterocycles. The molecule has 1 N–H and O–H groups in total. The maximum atomic E-state index is 11.4. The summed E-state index contributed by atoms with van der Waals surface area (Å²) in [5.41, 5.74) is 0.328. The normalized spacial score (nSPS) is 25.9. The number of hydrogen-bond acceptors (Lipinski definition) is 5. The van der Waals surface area contributed by atoms with Crippen molar-refractivity contribution in [3.63, 3.8) is 0 Å². The molecule has 20 heavy (non-hydrogen) atoms.